The van der Waals surface area contributed by atoms with Crippen LogP contribution in [0, 0.1) is 32.1 Å². The molecule has 0 saturated heterocycles. The number of hydrogen-bond acceptors (Lipinski definition) is 2. The third-order valence-electron chi connectivity index (χ3n) is 4.00. The quantitative estimate of drug-likeness (QED) is 0.811. The fourth-order valence-electron chi connectivity index (χ4n) is 2.74. The molecule has 118 valence electrons. The molecule has 3 heteroatoms. The van der Waals surface area contributed by atoms with Crippen LogP contribution in [0.3, 0.4) is 0 Å². The molecule has 0 aliphatic carbocycles. The first kappa shape index (κ1) is 17.1. The van der Waals surface area contributed by atoms with Gasteiger partial charge in [-0.1, -0.05) is 29.3 Å². The zero-order chi connectivity index (χ0) is 17.1. The van der Waals surface area contributed by atoms with Gasteiger partial charge in [0, 0.05) is 10.6 Å². The third-order valence-corrected chi connectivity index (χ3v) is 4.35. The van der Waals surface area contributed by atoms with Gasteiger partial charge in [0.2, 0.25) is 0 Å². The first-order valence-corrected chi connectivity index (χ1v) is 7.86. The average molecular weight is 326 g/mol. The van der Waals surface area contributed by atoms with Gasteiger partial charge in [-0.25, -0.2) is 0 Å². The van der Waals surface area contributed by atoms with Crippen molar-refractivity contribution in [1.82, 2.24) is 0 Å². The van der Waals surface area contributed by atoms with E-state index in [-0.39, 0.29) is 5.75 Å². The van der Waals surface area contributed by atoms with E-state index in [4.69, 9.17) is 16.9 Å². The summed E-state index contributed by atoms with van der Waals surface area (Å²) in [6, 6.07) is 9.59. The van der Waals surface area contributed by atoms with Gasteiger partial charge in [0.15, 0.2) is 0 Å². The van der Waals surface area contributed by atoms with Gasteiger partial charge in [0.05, 0.1) is 11.6 Å². The van der Waals surface area contributed by atoms with Gasteiger partial charge < -0.3 is 5.11 Å². The number of halogens is 1. The highest BCUT2D eigenvalue weighted by Crippen LogP contribution is 2.31. The number of benzene rings is 2. The van der Waals surface area contributed by atoms with E-state index >= 15 is 0 Å². The van der Waals surface area contributed by atoms with E-state index in [1.807, 2.05) is 52.0 Å². The molecule has 0 spiro atoms. The number of aryl methyl sites for hydroxylation is 3. The molecular weight excluding hydrogens is 306 g/mol. The zero-order valence-corrected chi connectivity index (χ0v) is 14.6. The van der Waals surface area contributed by atoms with E-state index in [0.29, 0.717) is 17.0 Å². The first-order valence-electron chi connectivity index (χ1n) is 7.49. The molecule has 0 radical (unpaired) electrons. The van der Waals surface area contributed by atoms with E-state index < -0.39 is 0 Å². The average Bonchev–Trinajstić information content (AvgIpc) is 2.51. The second-order valence-corrected chi connectivity index (χ2v) is 6.40. The smallest absolute Gasteiger partial charge is 0.123 e. The number of phenols is 1. The Hall–Kier alpha value is -2.24. The molecule has 0 aliphatic rings. The molecule has 0 saturated carbocycles. The number of nitriles is 1. The van der Waals surface area contributed by atoms with Crippen molar-refractivity contribution >= 4 is 17.7 Å². The van der Waals surface area contributed by atoms with Gasteiger partial charge in [-0.15, -0.1) is 0 Å². The summed E-state index contributed by atoms with van der Waals surface area (Å²) in [4.78, 5) is 0. The molecule has 2 aromatic carbocycles. The zero-order valence-electron chi connectivity index (χ0n) is 13.9. The van der Waals surface area contributed by atoms with Gasteiger partial charge >= 0.3 is 0 Å². The molecule has 0 unspecified atom stereocenters. The summed E-state index contributed by atoms with van der Waals surface area (Å²) in [5.74, 6) is 0.263. The van der Waals surface area contributed by atoms with Gasteiger partial charge in [-0.2, -0.15) is 5.26 Å². The van der Waals surface area contributed by atoms with Crippen LogP contribution in [-0.4, -0.2) is 5.11 Å². The molecule has 0 fully saturated rings. The van der Waals surface area contributed by atoms with Crippen molar-refractivity contribution in [1.29, 1.82) is 5.26 Å². The van der Waals surface area contributed by atoms with Crippen molar-refractivity contribution in [2.24, 2.45) is 0 Å². The van der Waals surface area contributed by atoms with Crippen molar-refractivity contribution < 1.29 is 5.11 Å². The summed E-state index contributed by atoms with van der Waals surface area (Å²) >= 11 is 6.23. The van der Waals surface area contributed by atoms with E-state index in [0.717, 1.165) is 33.4 Å². The number of nitrogens with zero attached hydrogens (tertiary/aromatic N) is 1. The van der Waals surface area contributed by atoms with Crippen LogP contribution >= 0.6 is 11.6 Å². The summed E-state index contributed by atoms with van der Waals surface area (Å²) in [5.41, 5.74) is 6.61. The molecule has 0 heterocycles. The Kier molecular flexibility index (Phi) is 5.13. The van der Waals surface area contributed by atoms with Gasteiger partial charge in [0.25, 0.3) is 0 Å². The van der Waals surface area contributed by atoms with Gasteiger partial charge in [0.1, 0.15) is 5.75 Å². The normalized spacial score (nSPS) is 11.4. The van der Waals surface area contributed by atoms with Crippen LogP contribution in [-0.2, 0) is 6.42 Å². The molecule has 2 rings (SSSR count). The summed E-state index contributed by atoms with van der Waals surface area (Å²) in [6.07, 6.45) is 2.69. The predicted octanol–water partition coefficient (Wildman–Crippen LogP) is 5.49. The van der Waals surface area contributed by atoms with Crippen molar-refractivity contribution in [2.75, 3.05) is 0 Å². The predicted molar refractivity (Wildman–Crippen MR) is 95.8 cm³/mol. The molecule has 0 amide bonds. The van der Waals surface area contributed by atoms with Crippen LogP contribution < -0.4 is 0 Å². The Labute approximate surface area is 142 Å². The minimum absolute atomic E-state index is 0.263. The van der Waals surface area contributed by atoms with Crippen molar-refractivity contribution in [3.8, 4) is 11.8 Å². The number of phenolic OH excluding ortho intramolecular Hbond substituents is 1. The molecule has 23 heavy (non-hydrogen) atoms. The molecule has 2 nitrogen and oxygen atoms in total. The summed E-state index contributed by atoms with van der Waals surface area (Å²) in [5, 5.41) is 19.8. The van der Waals surface area contributed by atoms with Crippen LogP contribution in [0.2, 0.25) is 5.02 Å². The van der Waals surface area contributed by atoms with Crippen LogP contribution in [0.15, 0.2) is 29.8 Å². The van der Waals surface area contributed by atoms with E-state index in [9.17, 15) is 5.11 Å². The lowest BCUT2D eigenvalue weighted by Gasteiger charge is -2.12. The minimum atomic E-state index is 0.263. The van der Waals surface area contributed by atoms with Crippen molar-refractivity contribution in [3.05, 3.63) is 68.2 Å². The molecule has 0 atom stereocenters. The van der Waals surface area contributed by atoms with E-state index in [1.54, 1.807) is 0 Å². The van der Waals surface area contributed by atoms with Crippen molar-refractivity contribution in [3.63, 3.8) is 0 Å². The van der Waals surface area contributed by atoms with Crippen LogP contribution in [0.1, 0.15) is 40.3 Å². The number of aromatic hydroxyl groups is 1. The minimum Gasteiger partial charge on any atom is -0.507 e. The SMILES string of the molecule is C/C(=C\c1c(C)cc(C#N)cc1C)Cc1c(Cl)ccc(C)c1O. The lowest BCUT2D eigenvalue weighted by Crippen LogP contribution is -1.94. The maximum atomic E-state index is 10.2. The fourth-order valence-corrected chi connectivity index (χ4v) is 2.96. The van der Waals surface area contributed by atoms with Gasteiger partial charge in [-0.05, 0) is 74.6 Å². The molecule has 0 aromatic heterocycles. The highest BCUT2D eigenvalue weighted by molar-refractivity contribution is 6.31. The summed E-state index contributed by atoms with van der Waals surface area (Å²) in [6.45, 7) is 7.90. The highest BCUT2D eigenvalue weighted by atomic mass is 35.5. The number of allylic oxidation sites excluding steroid dienone is 1. The molecule has 1 N–H and O–H groups in total. The monoisotopic (exact) mass is 325 g/mol. The van der Waals surface area contributed by atoms with Crippen LogP contribution in [0.5, 0.6) is 5.75 Å². The second-order valence-electron chi connectivity index (χ2n) is 5.99. The van der Waals surface area contributed by atoms with E-state index in [2.05, 4.69) is 12.1 Å². The first-order chi connectivity index (χ1) is 10.8. The van der Waals surface area contributed by atoms with E-state index in [1.165, 1.54) is 0 Å². The summed E-state index contributed by atoms with van der Waals surface area (Å²) in [7, 11) is 0. The maximum Gasteiger partial charge on any atom is 0.123 e. The Morgan fingerprint density at radius 1 is 1.17 bits per heavy atom. The molecule has 0 aliphatic heterocycles. The lowest BCUT2D eigenvalue weighted by molar-refractivity contribution is 0.465. The Morgan fingerprint density at radius 2 is 1.78 bits per heavy atom. The molecule has 0 bridgehead atoms. The maximum absolute atomic E-state index is 10.2. The fraction of sp³-hybridized carbons (Fsp3) is 0.250. The third kappa shape index (κ3) is 3.75. The molecule has 2 aromatic rings. The summed E-state index contributed by atoms with van der Waals surface area (Å²) < 4.78 is 0. The Balaban J connectivity index is 2.39. The Morgan fingerprint density at radius 3 is 2.35 bits per heavy atom. The van der Waals surface area contributed by atoms with Crippen LogP contribution in [0.25, 0.3) is 6.08 Å². The topological polar surface area (TPSA) is 44.0 Å². The largest absolute Gasteiger partial charge is 0.507 e. The second kappa shape index (κ2) is 6.89. The van der Waals surface area contributed by atoms with Crippen LogP contribution in [0.4, 0.5) is 0 Å². The highest BCUT2D eigenvalue weighted by Gasteiger charge is 2.10. The lowest BCUT2D eigenvalue weighted by atomic mass is 9.95. The van der Waals surface area contributed by atoms with Crippen molar-refractivity contribution in [2.45, 2.75) is 34.1 Å². The standard InChI is InChI=1S/C20H20ClNO/c1-12(8-18-19(21)6-5-13(2)20(18)23)7-17-14(3)9-16(11-22)10-15(17)4/h5-7,9-10,23H,8H2,1-4H3/b12-7+. The number of hydrogen-bond donors (Lipinski definition) is 1. The molecular formula is C20H20ClNO. The number of rotatable bonds is 3. The van der Waals surface area contributed by atoms with Gasteiger partial charge in [-0.3, -0.25) is 0 Å². The Bertz CT molecular complexity index is 805.